The molecular weight excluding hydrogens is 409 g/mol. The van der Waals surface area contributed by atoms with Gasteiger partial charge in [0.15, 0.2) is 0 Å². The van der Waals surface area contributed by atoms with Crippen molar-refractivity contribution < 1.29 is 14.0 Å². The third kappa shape index (κ3) is 4.18. The third-order valence-electron chi connectivity index (χ3n) is 4.64. The van der Waals surface area contributed by atoms with Crippen molar-refractivity contribution in [2.45, 2.75) is 13.0 Å². The molecule has 148 valence electrons. The second-order valence-corrected chi connectivity index (χ2v) is 8.50. The number of benzene rings is 2. The highest BCUT2D eigenvalue weighted by molar-refractivity contribution is 7.99. The van der Waals surface area contributed by atoms with Gasteiger partial charge in [0, 0.05) is 22.4 Å². The Morgan fingerprint density at radius 2 is 2.03 bits per heavy atom. The zero-order chi connectivity index (χ0) is 20.4. The van der Waals surface area contributed by atoms with Crippen LogP contribution < -0.4 is 5.32 Å². The molecule has 0 radical (unpaired) electrons. The number of thiazole rings is 1. The number of carbonyl (C=O) groups is 2. The Morgan fingerprint density at radius 3 is 2.83 bits per heavy atom. The maximum Gasteiger partial charge on any atom is 0.274 e. The van der Waals surface area contributed by atoms with E-state index >= 15 is 0 Å². The summed E-state index contributed by atoms with van der Waals surface area (Å²) < 4.78 is 13.4. The molecule has 5 nitrogen and oxygen atoms in total. The van der Waals surface area contributed by atoms with Crippen LogP contribution in [0.3, 0.4) is 0 Å². The molecule has 0 aliphatic carbocycles. The van der Waals surface area contributed by atoms with Crippen LogP contribution in [0.4, 0.5) is 10.1 Å². The number of amides is 2. The molecule has 2 amide bonds. The molecular formula is C21H18FN3O2S2. The fraction of sp³-hybridized carbons (Fsp3) is 0.190. The van der Waals surface area contributed by atoms with E-state index in [1.165, 1.54) is 46.2 Å². The zero-order valence-electron chi connectivity index (χ0n) is 15.6. The van der Waals surface area contributed by atoms with Crippen molar-refractivity contribution in [1.82, 2.24) is 9.88 Å². The highest BCUT2D eigenvalue weighted by Crippen LogP contribution is 2.29. The molecule has 2 aromatic carbocycles. The van der Waals surface area contributed by atoms with Crippen molar-refractivity contribution in [3.05, 3.63) is 71.0 Å². The van der Waals surface area contributed by atoms with Gasteiger partial charge in [-0.05, 0) is 30.7 Å². The van der Waals surface area contributed by atoms with Gasteiger partial charge >= 0.3 is 0 Å². The number of rotatable bonds is 4. The van der Waals surface area contributed by atoms with Crippen LogP contribution in [-0.2, 0) is 4.79 Å². The number of aryl methyl sites for hydroxylation is 1. The van der Waals surface area contributed by atoms with Crippen LogP contribution in [0.1, 0.15) is 16.1 Å². The van der Waals surface area contributed by atoms with E-state index < -0.39 is 11.9 Å². The predicted octanol–water partition coefficient (Wildman–Crippen LogP) is 4.41. The van der Waals surface area contributed by atoms with Crippen LogP contribution in [0.25, 0.3) is 10.6 Å². The molecule has 1 aliphatic rings. The molecule has 8 heteroatoms. The monoisotopic (exact) mass is 427 g/mol. The maximum absolute atomic E-state index is 13.4. The minimum absolute atomic E-state index is 0.273. The SMILES string of the molecule is Cc1ccccc1-c1nc(C(=O)N2CSCC2C(=O)Nc2cccc(F)c2)cs1. The smallest absolute Gasteiger partial charge is 0.274 e. The first-order chi connectivity index (χ1) is 14.0. The van der Waals surface area contributed by atoms with Gasteiger partial charge in [0.05, 0.1) is 5.88 Å². The van der Waals surface area contributed by atoms with E-state index in [1.54, 1.807) is 11.4 Å². The molecule has 4 rings (SSSR count). The van der Waals surface area contributed by atoms with Crippen molar-refractivity contribution >= 4 is 40.6 Å². The lowest BCUT2D eigenvalue weighted by atomic mass is 10.1. The number of aromatic nitrogens is 1. The molecule has 1 aromatic heterocycles. The first-order valence-corrected chi connectivity index (χ1v) is 11.0. The van der Waals surface area contributed by atoms with Gasteiger partial charge in [-0.1, -0.05) is 30.3 Å². The molecule has 2 heterocycles. The minimum Gasteiger partial charge on any atom is -0.324 e. The Morgan fingerprint density at radius 1 is 1.21 bits per heavy atom. The molecule has 1 unspecified atom stereocenters. The largest absolute Gasteiger partial charge is 0.324 e. The lowest BCUT2D eigenvalue weighted by Gasteiger charge is -2.22. The number of thioether (sulfide) groups is 1. The third-order valence-corrected chi connectivity index (χ3v) is 6.52. The van der Waals surface area contributed by atoms with Gasteiger partial charge in [-0.3, -0.25) is 9.59 Å². The van der Waals surface area contributed by atoms with Crippen LogP contribution in [0, 0.1) is 12.7 Å². The summed E-state index contributed by atoms with van der Waals surface area (Å²) >= 11 is 2.92. The van der Waals surface area contributed by atoms with Gasteiger partial charge in [-0.25, -0.2) is 9.37 Å². The van der Waals surface area contributed by atoms with E-state index in [0.29, 0.717) is 23.0 Å². The van der Waals surface area contributed by atoms with Crippen LogP contribution in [0.2, 0.25) is 0 Å². The zero-order valence-corrected chi connectivity index (χ0v) is 17.2. The predicted molar refractivity (Wildman–Crippen MR) is 115 cm³/mol. The number of carbonyl (C=O) groups excluding carboxylic acids is 2. The highest BCUT2D eigenvalue weighted by atomic mass is 32.2. The lowest BCUT2D eigenvalue weighted by molar-refractivity contribution is -0.119. The Balaban J connectivity index is 1.51. The number of hydrogen-bond acceptors (Lipinski definition) is 5. The Hall–Kier alpha value is -2.71. The van der Waals surface area contributed by atoms with E-state index in [9.17, 15) is 14.0 Å². The molecule has 0 spiro atoms. The second-order valence-electron chi connectivity index (χ2n) is 6.64. The molecule has 1 aliphatic heterocycles. The summed E-state index contributed by atoms with van der Waals surface area (Å²) in [4.78, 5) is 31.7. The van der Waals surface area contributed by atoms with Gasteiger partial charge in [0.1, 0.15) is 22.6 Å². The topological polar surface area (TPSA) is 62.3 Å². The molecule has 1 saturated heterocycles. The van der Waals surface area contributed by atoms with Crippen LogP contribution in [0.15, 0.2) is 53.9 Å². The van der Waals surface area contributed by atoms with Gasteiger partial charge in [-0.2, -0.15) is 0 Å². The van der Waals surface area contributed by atoms with Crippen molar-refractivity contribution in [1.29, 1.82) is 0 Å². The minimum atomic E-state index is -0.626. The number of halogens is 1. The van der Waals surface area contributed by atoms with Crippen LogP contribution >= 0.6 is 23.1 Å². The fourth-order valence-electron chi connectivity index (χ4n) is 3.11. The van der Waals surface area contributed by atoms with E-state index in [4.69, 9.17) is 0 Å². The molecule has 1 N–H and O–H groups in total. The van der Waals surface area contributed by atoms with Gasteiger partial charge in [-0.15, -0.1) is 23.1 Å². The maximum atomic E-state index is 13.4. The Kier molecular flexibility index (Phi) is 5.64. The number of nitrogens with one attached hydrogen (secondary N) is 1. The quantitative estimate of drug-likeness (QED) is 0.670. The Labute approximate surface area is 176 Å². The summed E-state index contributed by atoms with van der Waals surface area (Å²) in [5.74, 6) is -0.129. The van der Waals surface area contributed by atoms with E-state index in [2.05, 4.69) is 10.3 Å². The summed E-state index contributed by atoms with van der Waals surface area (Å²) in [5, 5.41) is 5.20. The number of anilines is 1. The second kappa shape index (κ2) is 8.34. The van der Waals surface area contributed by atoms with E-state index in [-0.39, 0.29) is 11.8 Å². The summed E-state index contributed by atoms with van der Waals surface area (Å²) in [6.07, 6.45) is 0. The van der Waals surface area contributed by atoms with Gasteiger partial charge in [0.25, 0.3) is 5.91 Å². The molecule has 3 aromatic rings. The first-order valence-electron chi connectivity index (χ1n) is 8.99. The van der Waals surface area contributed by atoms with Crippen molar-refractivity contribution in [3.63, 3.8) is 0 Å². The molecule has 0 bridgehead atoms. The molecule has 0 saturated carbocycles. The summed E-state index contributed by atoms with van der Waals surface area (Å²) in [5.41, 5.74) is 2.78. The Bertz CT molecular complexity index is 1070. The van der Waals surface area contributed by atoms with E-state index in [0.717, 1.165) is 16.1 Å². The summed E-state index contributed by atoms with van der Waals surface area (Å²) in [7, 11) is 0. The average molecular weight is 428 g/mol. The summed E-state index contributed by atoms with van der Waals surface area (Å²) in [6.45, 7) is 2.00. The standard InChI is InChI=1S/C21H18FN3O2S2/c1-13-5-2-3-8-16(13)20-24-17(10-29-20)21(27)25-12-28-11-18(25)19(26)23-15-7-4-6-14(22)9-15/h2-10,18H,11-12H2,1H3,(H,23,26). The van der Waals surface area contributed by atoms with Crippen molar-refractivity contribution in [2.24, 2.45) is 0 Å². The normalized spacial score (nSPS) is 16.1. The number of nitrogens with zero attached hydrogens (tertiary/aromatic N) is 2. The molecule has 1 atom stereocenters. The first kappa shape index (κ1) is 19.6. The van der Waals surface area contributed by atoms with Gasteiger partial charge < -0.3 is 10.2 Å². The van der Waals surface area contributed by atoms with Crippen molar-refractivity contribution in [2.75, 3.05) is 16.9 Å². The van der Waals surface area contributed by atoms with Crippen LogP contribution in [0.5, 0.6) is 0 Å². The van der Waals surface area contributed by atoms with Crippen molar-refractivity contribution in [3.8, 4) is 10.6 Å². The van der Waals surface area contributed by atoms with Gasteiger partial charge in [0.2, 0.25) is 5.91 Å². The average Bonchev–Trinajstić information content (AvgIpc) is 3.38. The van der Waals surface area contributed by atoms with E-state index in [1.807, 2.05) is 31.2 Å². The highest BCUT2D eigenvalue weighted by Gasteiger charge is 2.36. The molecule has 29 heavy (non-hydrogen) atoms. The van der Waals surface area contributed by atoms with Crippen LogP contribution in [-0.4, -0.2) is 39.4 Å². The number of hydrogen-bond donors (Lipinski definition) is 1. The fourth-order valence-corrected chi connectivity index (χ4v) is 5.15. The molecule has 1 fully saturated rings. The summed E-state index contributed by atoms with van der Waals surface area (Å²) in [6, 6.07) is 13.0. The lowest BCUT2D eigenvalue weighted by Crippen LogP contribution is -2.44.